The van der Waals surface area contributed by atoms with Gasteiger partial charge in [0.1, 0.15) is 5.82 Å². The standard InChI is InChI=1S/C20H23FN2O4/c1-3-11-27-17-10-7-15(13-18(17)26-4-2)20(25)23-22-19(24)12-14-5-8-16(21)9-6-14/h5-10,13H,3-4,11-12H2,1-2H3,(H,22,24)(H,23,25). The maximum absolute atomic E-state index is 12.9. The van der Waals surface area contributed by atoms with Crippen molar-refractivity contribution < 1.29 is 23.5 Å². The molecule has 0 unspecified atom stereocenters. The van der Waals surface area contributed by atoms with Gasteiger partial charge < -0.3 is 9.47 Å². The van der Waals surface area contributed by atoms with Gasteiger partial charge in [-0.2, -0.15) is 0 Å². The van der Waals surface area contributed by atoms with Crippen molar-refractivity contribution in [1.82, 2.24) is 10.9 Å². The minimum Gasteiger partial charge on any atom is -0.490 e. The van der Waals surface area contributed by atoms with Crippen LogP contribution >= 0.6 is 0 Å². The van der Waals surface area contributed by atoms with E-state index in [2.05, 4.69) is 10.9 Å². The van der Waals surface area contributed by atoms with E-state index < -0.39 is 11.8 Å². The van der Waals surface area contributed by atoms with Crippen LogP contribution in [0.25, 0.3) is 0 Å². The number of rotatable bonds is 8. The highest BCUT2D eigenvalue weighted by molar-refractivity contribution is 5.96. The largest absolute Gasteiger partial charge is 0.490 e. The molecule has 0 saturated heterocycles. The Hall–Kier alpha value is -3.09. The second kappa shape index (κ2) is 10.2. The Morgan fingerprint density at radius 2 is 1.70 bits per heavy atom. The fourth-order valence-electron chi connectivity index (χ4n) is 2.28. The van der Waals surface area contributed by atoms with E-state index in [0.29, 0.717) is 35.8 Å². The van der Waals surface area contributed by atoms with Crippen molar-refractivity contribution in [2.24, 2.45) is 0 Å². The number of hydrazine groups is 1. The number of benzene rings is 2. The van der Waals surface area contributed by atoms with Crippen LogP contribution in [-0.2, 0) is 11.2 Å². The topological polar surface area (TPSA) is 76.7 Å². The van der Waals surface area contributed by atoms with Gasteiger partial charge in [0.2, 0.25) is 5.91 Å². The number of ether oxygens (including phenoxy) is 2. The Bertz CT molecular complexity index is 778. The number of hydrogen-bond donors (Lipinski definition) is 2. The molecular formula is C20H23FN2O4. The second-order valence-corrected chi connectivity index (χ2v) is 5.75. The van der Waals surface area contributed by atoms with Gasteiger partial charge in [0.05, 0.1) is 19.6 Å². The van der Waals surface area contributed by atoms with Gasteiger partial charge in [-0.05, 0) is 49.2 Å². The fraction of sp³-hybridized carbons (Fsp3) is 0.300. The molecule has 0 bridgehead atoms. The smallest absolute Gasteiger partial charge is 0.269 e. The molecule has 7 heteroatoms. The van der Waals surface area contributed by atoms with Gasteiger partial charge in [-0.1, -0.05) is 19.1 Å². The molecule has 2 rings (SSSR count). The molecule has 144 valence electrons. The van der Waals surface area contributed by atoms with Crippen molar-refractivity contribution in [3.8, 4) is 11.5 Å². The summed E-state index contributed by atoms with van der Waals surface area (Å²) in [6.07, 6.45) is 0.877. The van der Waals surface area contributed by atoms with Crippen LogP contribution in [0, 0.1) is 5.82 Å². The normalized spacial score (nSPS) is 10.2. The molecule has 0 aromatic heterocycles. The maximum atomic E-state index is 12.9. The molecule has 2 amide bonds. The van der Waals surface area contributed by atoms with Crippen LogP contribution in [0.4, 0.5) is 4.39 Å². The van der Waals surface area contributed by atoms with Gasteiger partial charge in [0, 0.05) is 5.56 Å². The molecule has 2 aromatic rings. The van der Waals surface area contributed by atoms with E-state index in [-0.39, 0.29) is 12.2 Å². The number of amides is 2. The molecule has 0 saturated carbocycles. The lowest BCUT2D eigenvalue weighted by Crippen LogP contribution is -2.42. The third kappa shape index (κ3) is 6.29. The second-order valence-electron chi connectivity index (χ2n) is 5.75. The zero-order valence-electron chi connectivity index (χ0n) is 15.4. The predicted octanol–water partition coefficient (Wildman–Crippen LogP) is 3.02. The quantitative estimate of drug-likeness (QED) is 0.697. The lowest BCUT2D eigenvalue weighted by molar-refractivity contribution is -0.121. The first-order valence-corrected chi connectivity index (χ1v) is 8.76. The minimum absolute atomic E-state index is 0.0224. The molecule has 27 heavy (non-hydrogen) atoms. The first-order chi connectivity index (χ1) is 13.0. The Morgan fingerprint density at radius 3 is 2.37 bits per heavy atom. The molecule has 0 radical (unpaired) electrons. The van der Waals surface area contributed by atoms with Gasteiger partial charge in [-0.3, -0.25) is 20.4 Å². The predicted molar refractivity (Wildman–Crippen MR) is 99.1 cm³/mol. The summed E-state index contributed by atoms with van der Waals surface area (Å²) in [5, 5.41) is 0. The average Bonchev–Trinajstić information content (AvgIpc) is 2.67. The summed E-state index contributed by atoms with van der Waals surface area (Å²) in [6.45, 7) is 4.82. The zero-order valence-corrected chi connectivity index (χ0v) is 15.4. The molecule has 0 heterocycles. The highest BCUT2D eigenvalue weighted by atomic mass is 19.1. The Morgan fingerprint density at radius 1 is 0.963 bits per heavy atom. The van der Waals surface area contributed by atoms with E-state index in [1.54, 1.807) is 18.2 Å². The summed E-state index contributed by atoms with van der Waals surface area (Å²) in [4.78, 5) is 24.2. The van der Waals surface area contributed by atoms with E-state index in [1.165, 1.54) is 24.3 Å². The molecule has 2 N–H and O–H groups in total. The van der Waals surface area contributed by atoms with Crippen LogP contribution < -0.4 is 20.3 Å². The van der Waals surface area contributed by atoms with E-state index in [1.807, 2.05) is 13.8 Å². The summed E-state index contributed by atoms with van der Waals surface area (Å²) in [7, 11) is 0. The van der Waals surface area contributed by atoms with Crippen molar-refractivity contribution in [2.75, 3.05) is 13.2 Å². The monoisotopic (exact) mass is 374 g/mol. The molecule has 6 nitrogen and oxygen atoms in total. The Balaban J connectivity index is 1.95. The molecular weight excluding hydrogens is 351 g/mol. The highest BCUT2D eigenvalue weighted by Gasteiger charge is 2.13. The molecule has 0 atom stereocenters. The Labute approximate surface area is 157 Å². The first kappa shape index (κ1) is 20.2. The summed E-state index contributed by atoms with van der Waals surface area (Å²) < 4.78 is 24.0. The van der Waals surface area contributed by atoms with Crippen LogP contribution in [0.15, 0.2) is 42.5 Å². The lowest BCUT2D eigenvalue weighted by atomic mass is 10.1. The van der Waals surface area contributed by atoms with Crippen molar-refractivity contribution in [2.45, 2.75) is 26.7 Å². The van der Waals surface area contributed by atoms with Crippen LogP contribution in [0.5, 0.6) is 11.5 Å². The average molecular weight is 374 g/mol. The van der Waals surface area contributed by atoms with E-state index in [4.69, 9.17) is 9.47 Å². The molecule has 0 spiro atoms. The van der Waals surface area contributed by atoms with Crippen molar-refractivity contribution in [3.05, 3.63) is 59.4 Å². The van der Waals surface area contributed by atoms with Crippen LogP contribution in [0.2, 0.25) is 0 Å². The number of carbonyl (C=O) groups is 2. The van der Waals surface area contributed by atoms with Gasteiger partial charge in [0.15, 0.2) is 11.5 Å². The van der Waals surface area contributed by atoms with Gasteiger partial charge >= 0.3 is 0 Å². The Kier molecular flexibility index (Phi) is 7.61. The third-order valence-electron chi connectivity index (χ3n) is 3.56. The number of carbonyl (C=O) groups excluding carboxylic acids is 2. The van der Waals surface area contributed by atoms with Crippen LogP contribution in [0.3, 0.4) is 0 Å². The summed E-state index contributed by atoms with van der Waals surface area (Å²) in [5.74, 6) is -0.232. The summed E-state index contributed by atoms with van der Waals surface area (Å²) >= 11 is 0. The van der Waals surface area contributed by atoms with Gasteiger partial charge in [0.25, 0.3) is 5.91 Å². The van der Waals surface area contributed by atoms with Gasteiger partial charge in [-0.25, -0.2) is 4.39 Å². The van der Waals surface area contributed by atoms with Crippen molar-refractivity contribution in [3.63, 3.8) is 0 Å². The summed E-state index contributed by atoms with van der Waals surface area (Å²) in [5.41, 5.74) is 5.66. The summed E-state index contributed by atoms with van der Waals surface area (Å²) in [6, 6.07) is 10.4. The molecule has 0 aliphatic carbocycles. The molecule has 0 aliphatic rings. The number of nitrogens with one attached hydrogen (secondary N) is 2. The first-order valence-electron chi connectivity index (χ1n) is 8.76. The molecule has 0 fully saturated rings. The SMILES string of the molecule is CCCOc1ccc(C(=O)NNC(=O)Cc2ccc(F)cc2)cc1OCC. The van der Waals surface area contributed by atoms with Crippen molar-refractivity contribution >= 4 is 11.8 Å². The maximum Gasteiger partial charge on any atom is 0.269 e. The lowest BCUT2D eigenvalue weighted by Gasteiger charge is -2.13. The fourth-order valence-corrected chi connectivity index (χ4v) is 2.28. The van der Waals surface area contributed by atoms with E-state index >= 15 is 0 Å². The van der Waals surface area contributed by atoms with Gasteiger partial charge in [-0.15, -0.1) is 0 Å². The molecule has 2 aromatic carbocycles. The number of halogens is 1. The molecule has 0 aliphatic heterocycles. The van der Waals surface area contributed by atoms with Crippen LogP contribution in [-0.4, -0.2) is 25.0 Å². The van der Waals surface area contributed by atoms with Crippen LogP contribution in [0.1, 0.15) is 36.2 Å². The highest BCUT2D eigenvalue weighted by Crippen LogP contribution is 2.28. The minimum atomic E-state index is -0.481. The zero-order chi connectivity index (χ0) is 19.6. The van der Waals surface area contributed by atoms with E-state index in [9.17, 15) is 14.0 Å². The van der Waals surface area contributed by atoms with E-state index in [0.717, 1.165) is 6.42 Å². The van der Waals surface area contributed by atoms with Crippen molar-refractivity contribution in [1.29, 1.82) is 0 Å². The number of hydrogen-bond acceptors (Lipinski definition) is 4. The third-order valence-corrected chi connectivity index (χ3v) is 3.56.